The van der Waals surface area contributed by atoms with Crippen LogP contribution in [-0.4, -0.2) is 20.6 Å². The molecule has 1 aliphatic carbocycles. The maximum absolute atomic E-state index is 3.90. The third kappa shape index (κ3) is 1.39. The van der Waals surface area contributed by atoms with Crippen LogP contribution < -0.4 is 0 Å². The Labute approximate surface area is 65.4 Å². The Morgan fingerprint density at radius 2 is 2.55 bits per heavy atom. The Balaban J connectivity index is 2.04. The first-order chi connectivity index (χ1) is 5.47. The second-order valence-electron chi connectivity index (χ2n) is 2.94. The van der Waals surface area contributed by atoms with Gasteiger partial charge in [0.2, 0.25) is 0 Å². The molecule has 0 aliphatic heterocycles. The molecule has 1 saturated carbocycles. The van der Waals surface area contributed by atoms with Crippen molar-refractivity contribution in [3.05, 3.63) is 12.2 Å². The first-order valence-electron chi connectivity index (χ1n) is 4.02. The van der Waals surface area contributed by atoms with Crippen molar-refractivity contribution in [2.45, 2.75) is 31.6 Å². The van der Waals surface area contributed by atoms with Crippen molar-refractivity contribution in [1.29, 1.82) is 0 Å². The van der Waals surface area contributed by atoms with E-state index in [-0.39, 0.29) is 0 Å². The van der Waals surface area contributed by atoms with E-state index in [4.69, 9.17) is 0 Å². The van der Waals surface area contributed by atoms with E-state index in [1.165, 1.54) is 19.3 Å². The van der Waals surface area contributed by atoms with Crippen LogP contribution >= 0.6 is 0 Å². The summed E-state index contributed by atoms with van der Waals surface area (Å²) in [6, 6.07) is 0. The Kier molecular flexibility index (Phi) is 1.83. The van der Waals surface area contributed by atoms with Gasteiger partial charge in [0.15, 0.2) is 5.82 Å². The molecule has 59 valence electrons. The third-order valence-corrected chi connectivity index (χ3v) is 2.16. The van der Waals surface area contributed by atoms with Gasteiger partial charge in [-0.3, -0.25) is 0 Å². The van der Waals surface area contributed by atoms with Gasteiger partial charge in [0.25, 0.3) is 0 Å². The van der Waals surface area contributed by atoms with E-state index in [2.05, 4.69) is 27.0 Å². The first-order valence-corrected chi connectivity index (χ1v) is 4.02. The lowest BCUT2D eigenvalue weighted by Crippen LogP contribution is -2.06. The van der Waals surface area contributed by atoms with Gasteiger partial charge in [-0.1, -0.05) is 12.8 Å². The molecule has 0 saturated heterocycles. The van der Waals surface area contributed by atoms with E-state index < -0.39 is 0 Å². The van der Waals surface area contributed by atoms with Crippen molar-refractivity contribution in [3.63, 3.8) is 0 Å². The molecule has 1 aromatic heterocycles. The van der Waals surface area contributed by atoms with Gasteiger partial charge in [0.05, 0.1) is 0 Å². The molecule has 0 bridgehead atoms. The lowest BCUT2D eigenvalue weighted by molar-refractivity contribution is 0.496. The third-order valence-electron chi connectivity index (χ3n) is 2.16. The minimum Gasteiger partial charge on any atom is -0.243 e. The number of rotatable bonds is 1. The Morgan fingerprint density at radius 3 is 3.18 bits per heavy atom. The molecule has 0 aromatic carbocycles. The highest BCUT2D eigenvalue weighted by molar-refractivity contribution is 4.96. The maximum Gasteiger partial charge on any atom is 0.151 e. The molecule has 1 heterocycles. The molecule has 1 aromatic rings. The summed E-state index contributed by atoms with van der Waals surface area (Å²) < 4.78 is 0. The van der Waals surface area contributed by atoms with Crippen LogP contribution in [0.4, 0.5) is 0 Å². The van der Waals surface area contributed by atoms with E-state index in [1.807, 2.05) is 0 Å². The summed E-state index contributed by atoms with van der Waals surface area (Å²) >= 11 is 0. The molecule has 4 heteroatoms. The topological polar surface area (TPSA) is 54.5 Å². The van der Waals surface area contributed by atoms with E-state index in [0.717, 1.165) is 12.2 Å². The van der Waals surface area contributed by atoms with Gasteiger partial charge in [-0.05, 0) is 29.7 Å². The van der Waals surface area contributed by atoms with Crippen molar-refractivity contribution in [1.82, 2.24) is 20.6 Å². The molecular formula is C7H11N4. The largest absolute Gasteiger partial charge is 0.243 e. The molecule has 11 heavy (non-hydrogen) atoms. The number of hydrogen-bond donors (Lipinski definition) is 1. The van der Waals surface area contributed by atoms with Gasteiger partial charge < -0.3 is 0 Å². The van der Waals surface area contributed by atoms with E-state index >= 15 is 0 Å². The Bertz CT molecular complexity index is 200. The lowest BCUT2D eigenvalue weighted by Gasteiger charge is -2.17. The van der Waals surface area contributed by atoms with Crippen LogP contribution in [0, 0.1) is 6.42 Å². The van der Waals surface area contributed by atoms with E-state index in [9.17, 15) is 0 Å². The Morgan fingerprint density at radius 1 is 1.55 bits per heavy atom. The van der Waals surface area contributed by atoms with Crippen molar-refractivity contribution in [3.8, 4) is 0 Å². The summed E-state index contributed by atoms with van der Waals surface area (Å²) in [4.78, 5) is 0. The monoisotopic (exact) mass is 151 g/mol. The number of H-pyrrole nitrogens is 1. The minimum atomic E-state index is 0.541. The second-order valence-corrected chi connectivity index (χ2v) is 2.94. The fourth-order valence-electron chi connectivity index (χ4n) is 1.53. The van der Waals surface area contributed by atoms with Crippen molar-refractivity contribution >= 4 is 0 Å². The van der Waals surface area contributed by atoms with Gasteiger partial charge in [-0.25, -0.2) is 5.10 Å². The quantitative estimate of drug-likeness (QED) is 0.653. The summed E-state index contributed by atoms with van der Waals surface area (Å²) in [7, 11) is 0. The predicted molar refractivity (Wildman–Crippen MR) is 39.7 cm³/mol. The zero-order valence-electron chi connectivity index (χ0n) is 6.32. The molecule has 1 aliphatic rings. The second kappa shape index (κ2) is 2.98. The molecule has 1 radical (unpaired) electrons. The van der Waals surface area contributed by atoms with Gasteiger partial charge in [0.1, 0.15) is 0 Å². The predicted octanol–water partition coefficient (Wildman–Crippen LogP) is 1.06. The normalized spacial score (nSPS) is 20.4. The average Bonchev–Trinajstić information content (AvgIpc) is 2.58. The van der Waals surface area contributed by atoms with Crippen molar-refractivity contribution < 1.29 is 0 Å². The number of aromatic nitrogens is 4. The molecular weight excluding hydrogens is 140 g/mol. The summed E-state index contributed by atoms with van der Waals surface area (Å²) in [5, 5.41) is 13.8. The maximum atomic E-state index is 3.90. The van der Waals surface area contributed by atoms with Crippen LogP contribution in [0.1, 0.15) is 37.4 Å². The fourth-order valence-corrected chi connectivity index (χ4v) is 1.53. The van der Waals surface area contributed by atoms with Gasteiger partial charge in [-0.2, -0.15) is 0 Å². The van der Waals surface area contributed by atoms with Crippen LogP contribution in [0.2, 0.25) is 0 Å². The molecule has 0 amide bonds. The Hall–Kier alpha value is -0.930. The first kappa shape index (κ1) is 6.76. The molecule has 1 atom stereocenters. The number of aromatic amines is 1. The highest BCUT2D eigenvalue weighted by Gasteiger charge is 2.17. The molecule has 1 fully saturated rings. The fraction of sp³-hybridized carbons (Fsp3) is 0.714. The van der Waals surface area contributed by atoms with Crippen LogP contribution in [0.3, 0.4) is 0 Å². The lowest BCUT2D eigenvalue weighted by atomic mass is 9.89. The van der Waals surface area contributed by atoms with Crippen LogP contribution in [0.5, 0.6) is 0 Å². The van der Waals surface area contributed by atoms with Gasteiger partial charge in [0, 0.05) is 5.92 Å². The number of hydrogen-bond acceptors (Lipinski definition) is 3. The minimum absolute atomic E-state index is 0.541. The standard InChI is InChI=1S/C7H11N4/c1-2-4-6(5-3-1)7-8-10-11-9-7/h2,6H,1,3-5H2,(H,8,9,10,11). The van der Waals surface area contributed by atoms with Crippen LogP contribution in [0.25, 0.3) is 0 Å². The zero-order valence-corrected chi connectivity index (χ0v) is 6.32. The number of nitrogens with zero attached hydrogens (tertiary/aromatic N) is 3. The van der Waals surface area contributed by atoms with E-state index in [0.29, 0.717) is 5.92 Å². The number of tetrazole rings is 1. The molecule has 4 nitrogen and oxygen atoms in total. The zero-order chi connectivity index (χ0) is 7.52. The average molecular weight is 151 g/mol. The summed E-state index contributed by atoms with van der Waals surface area (Å²) in [5.74, 6) is 1.49. The SMILES string of the molecule is [CH]1CCCC(c2nnn[nH]2)C1. The van der Waals surface area contributed by atoms with Crippen molar-refractivity contribution in [2.24, 2.45) is 0 Å². The summed E-state index contributed by atoms with van der Waals surface area (Å²) in [6.45, 7) is 0. The van der Waals surface area contributed by atoms with E-state index in [1.54, 1.807) is 0 Å². The van der Waals surface area contributed by atoms with Crippen molar-refractivity contribution in [2.75, 3.05) is 0 Å². The highest BCUT2D eigenvalue weighted by Crippen LogP contribution is 2.28. The summed E-state index contributed by atoms with van der Waals surface area (Å²) in [5.41, 5.74) is 0. The van der Waals surface area contributed by atoms with Crippen LogP contribution in [0.15, 0.2) is 0 Å². The van der Waals surface area contributed by atoms with Gasteiger partial charge in [-0.15, -0.1) is 5.10 Å². The smallest absolute Gasteiger partial charge is 0.151 e. The number of nitrogens with one attached hydrogen (secondary N) is 1. The highest BCUT2D eigenvalue weighted by atomic mass is 15.5. The van der Waals surface area contributed by atoms with Gasteiger partial charge >= 0.3 is 0 Å². The molecule has 1 N–H and O–H groups in total. The molecule has 1 unspecified atom stereocenters. The summed E-state index contributed by atoms with van der Waals surface area (Å²) in [6.07, 6.45) is 7.17. The molecule has 2 rings (SSSR count). The molecule has 0 spiro atoms. The van der Waals surface area contributed by atoms with Crippen LogP contribution in [-0.2, 0) is 0 Å².